The van der Waals surface area contributed by atoms with Gasteiger partial charge in [-0.1, -0.05) is 10.3 Å². The van der Waals surface area contributed by atoms with Crippen LogP contribution in [0.1, 0.15) is 48.4 Å². The lowest BCUT2D eigenvalue weighted by Gasteiger charge is -2.26. The molecule has 128 valence electrons. The summed E-state index contributed by atoms with van der Waals surface area (Å²) in [6.07, 6.45) is 4.63. The normalized spacial score (nSPS) is 27.1. The maximum atomic E-state index is 13.0. The zero-order valence-electron chi connectivity index (χ0n) is 13.9. The number of rotatable bonds is 3. The van der Waals surface area contributed by atoms with Gasteiger partial charge < -0.3 is 9.47 Å². The highest BCUT2D eigenvalue weighted by Gasteiger charge is 2.39. The van der Waals surface area contributed by atoms with Crippen molar-refractivity contribution in [3.05, 3.63) is 35.4 Å². The minimum atomic E-state index is -0.231. The number of likely N-dealkylation sites (tertiary alicyclic amines) is 1. The molecular weight excluding hydrogens is 308 g/mol. The van der Waals surface area contributed by atoms with Crippen LogP contribution in [-0.2, 0) is 11.8 Å². The molecule has 0 aliphatic carbocycles. The molecule has 0 aromatic carbocycles. The minimum Gasteiger partial charge on any atom is -0.353 e. The molecule has 4 rings (SSSR count). The number of nitrogens with zero attached hydrogens (tertiary/aromatic N) is 4. The van der Waals surface area contributed by atoms with Crippen LogP contribution < -0.4 is 10.9 Å². The van der Waals surface area contributed by atoms with Crippen molar-refractivity contribution in [3.8, 4) is 0 Å². The van der Waals surface area contributed by atoms with E-state index >= 15 is 0 Å². The standard InChI is InChI=1S/C16H22N6O2/c1-10-15(20-24-19-10)14-6-4-8-22(14)16(23)12-9-11(17-18-12)13-5-3-7-21(13)2/h3,5,7,11-12,14,17-18H,4,6,8-9H2,1-2H3. The molecule has 2 aliphatic heterocycles. The molecule has 2 saturated heterocycles. The molecule has 2 N–H and O–H groups in total. The van der Waals surface area contributed by atoms with Gasteiger partial charge in [0.25, 0.3) is 0 Å². The lowest BCUT2D eigenvalue weighted by atomic mass is 10.0. The lowest BCUT2D eigenvalue weighted by molar-refractivity contribution is -0.134. The van der Waals surface area contributed by atoms with Crippen molar-refractivity contribution in [3.63, 3.8) is 0 Å². The molecule has 3 unspecified atom stereocenters. The fraction of sp³-hybridized carbons (Fsp3) is 0.562. The van der Waals surface area contributed by atoms with Gasteiger partial charge in [-0.3, -0.25) is 4.79 Å². The predicted octanol–water partition coefficient (Wildman–Crippen LogP) is 0.988. The number of hydrogen-bond donors (Lipinski definition) is 2. The van der Waals surface area contributed by atoms with Crippen molar-refractivity contribution in [2.75, 3.05) is 6.54 Å². The van der Waals surface area contributed by atoms with Crippen molar-refractivity contribution < 1.29 is 9.42 Å². The molecule has 8 heteroatoms. The van der Waals surface area contributed by atoms with Crippen LogP contribution in [-0.4, -0.2) is 38.3 Å². The molecule has 0 spiro atoms. The van der Waals surface area contributed by atoms with Gasteiger partial charge >= 0.3 is 0 Å². The Kier molecular flexibility index (Phi) is 3.85. The first-order valence-corrected chi connectivity index (χ1v) is 8.37. The molecule has 2 aromatic heterocycles. The van der Waals surface area contributed by atoms with E-state index in [0.717, 1.165) is 37.2 Å². The summed E-state index contributed by atoms with van der Waals surface area (Å²) in [5.74, 6) is 0.115. The van der Waals surface area contributed by atoms with Crippen LogP contribution in [0.25, 0.3) is 0 Å². The van der Waals surface area contributed by atoms with E-state index in [4.69, 9.17) is 4.63 Å². The molecule has 3 atom stereocenters. The van der Waals surface area contributed by atoms with Crippen molar-refractivity contribution in [1.82, 2.24) is 30.6 Å². The Morgan fingerprint density at radius 3 is 2.96 bits per heavy atom. The maximum absolute atomic E-state index is 13.0. The number of aromatic nitrogens is 3. The molecule has 1 amide bonds. The van der Waals surface area contributed by atoms with E-state index in [1.807, 2.05) is 31.1 Å². The number of nitrogens with one attached hydrogen (secondary N) is 2. The highest BCUT2D eigenvalue weighted by Crippen LogP contribution is 2.34. The summed E-state index contributed by atoms with van der Waals surface area (Å²) in [6.45, 7) is 2.62. The maximum Gasteiger partial charge on any atom is 0.241 e. The first-order chi connectivity index (χ1) is 11.6. The van der Waals surface area contributed by atoms with Gasteiger partial charge in [0.05, 0.1) is 12.1 Å². The van der Waals surface area contributed by atoms with E-state index in [1.54, 1.807) is 0 Å². The van der Waals surface area contributed by atoms with Crippen molar-refractivity contribution in [1.29, 1.82) is 0 Å². The minimum absolute atomic E-state index is 0.0281. The molecule has 0 bridgehead atoms. The summed E-state index contributed by atoms with van der Waals surface area (Å²) in [5, 5.41) is 7.86. The third kappa shape index (κ3) is 2.51. The number of aryl methyl sites for hydroxylation is 2. The fourth-order valence-corrected chi connectivity index (χ4v) is 3.80. The van der Waals surface area contributed by atoms with Crippen molar-refractivity contribution in [2.24, 2.45) is 7.05 Å². The van der Waals surface area contributed by atoms with Crippen LogP contribution in [0.2, 0.25) is 0 Å². The van der Waals surface area contributed by atoms with E-state index in [-0.39, 0.29) is 24.0 Å². The smallest absolute Gasteiger partial charge is 0.241 e. The van der Waals surface area contributed by atoms with Gasteiger partial charge in [0, 0.05) is 25.5 Å². The molecule has 0 saturated carbocycles. The topological polar surface area (TPSA) is 88.2 Å². The summed E-state index contributed by atoms with van der Waals surface area (Å²) < 4.78 is 6.90. The Hall–Kier alpha value is -2.19. The van der Waals surface area contributed by atoms with Gasteiger partial charge in [-0.2, -0.15) is 0 Å². The summed E-state index contributed by atoms with van der Waals surface area (Å²) >= 11 is 0. The number of amides is 1. The molecule has 4 heterocycles. The highest BCUT2D eigenvalue weighted by molar-refractivity contribution is 5.83. The van der Waals surface area contributed by atoms with Crippen LogP contribution in [0, 0.1) is 6.92 Å². The Balaban J connectivity index is 1.48. The van der Waals surface area contributed by atoms with E-state index < -0.39 is 0 Å². The van der Waals surface area contributed by atoms with Gasteiger partial charge in [-0.15, -0.1) is 0 Å². The predicted molar refractivity (Wildman–Crippen MR) is 85.6 cm³/mol. The molecule has 24 heavy (non-hydrogen) atoms. The summed E-state index contributed by atoms with van der Waals surface area (Å²) in [7, 11) is 2.02. The van der Waals surface area contributed by atoms with Gasteiger partial charge in [-0.05, 0) is 38.3 Å². The van der Waals surface area contributed by atoms with E-state index in [0.29, 0.717) is 0 Å². The second kappa shape index (κ2) is 6.03. The third-order valence-electron chi connectivity index (χ3n) is 5.08. The molecule has 2 aliphatic rings. The Morgan fingerprint density at radius 1 is 1.38 bits per heavy atom. The molecule has 2 aromatic rings. The quantitative estimate of drug-likeness (QED) is 0.872. The second-order valence-electron chi connectivity index (χ2n) is 6.60. The second-order valence-corrected chi connectivity index (χ2v) is 6.60. The first kappa shape index (κ1) is 15.3. The first-order valence-electron chi connectivity index (χ1n) is 8.37. The van der Waals surface area contributed by atoms with Gasteiger partial charge in [0.15, 0.2) is 0 Å². The zero-order chi connectivity index (χ0) is 16.7. The SMILES string of the molecule is Cc1nonc1C1CCCN1C(=O)C1CC(c2cccn2C)NN1. The Labute approximate surface area is 140 Å². The van der Waals surface area contributed by atoms with Crippen LogP contribution >= 0.6 is 0 Å². The zero-order valence-corrected chi connectivity index (χ0v) is 13.9. The van der Waals surface area contributed by atoms with Crippen LogP contribution in [0.3, 0.4) is 0 Å². The summed E-state index contributed by atoms with van der Waals surface area (Å²) in [5.41, 5.74) is 9.14. The monoisotopic (exact) mass is 330 g/mol. The molecule has 2 fully saturated rings. The number of hydrazine groups is 1. The lowest BCUT2D eigenvalue weighted by Crippen LogP contribution is -2.45. The van der Waals surface area contributed by atoms with E-state index in [9.17, 15) is 4.79 Å². The molecular formula is C16H22N6O2. The fourth-order valence-electron chi connectivity index (χ4n) is 3.80. The number of carbonyl (C=O) groups is 1. The van der Waals surface area contributed by atoms with Gasteiger partial charge in [0.1, 0.15) is 17.4 Å². The highest BCUT2D eigenvalue weighted by atomic mass is 16.6. The molecule has 8 nitrogen and oxygen atoms in total. The van der Waals surface area contributed by atoms with Gasteiger partial charge in [0.2, 0.25) is 5.91 Å². The Morgan fingerprint density at radius 2 is 2.25 bits per heavy atom. The van der Waals surface area contributed by atoms with E-state index in [2.05, 4.69) is 31.8 Å². The number of carbonyl (C=O) groups excluding carboxylic acids is 1. The average Bonchev–Trinajstić information content (AvgIpc) is 3.32. The van der Waals surface area contributed by atoms with Gasteiger partial charge in [-0.25, -0.2) is 15.5 Å². The molecule has 0 radical (unpaired) electrons. The average molecular weight is 330 g/mol. The van der Waals surface area contributed by atoms with Crippen molar-refractivity contribution in [2.45, 2.75) is 44.3 Å². The third-order valence-corrected chi connectivity index (χ3v) is 5.08. The van der Waals surface area contributed by atoms with Crippen LogP contribution in [0.5, 0.6) is 0 Å². The van der Waals surface area contributed by atoms with Crippen LogP contribution in [0.15, 0.2) is 23.0 Å². The summed E-state index contributed by atoms with van der Waals surface area (Å²) in [6, 6.07) is 3.97. The Bertz CT molecular complexity index is 739. The largest absolute Gasteiger partial charge is 0.353 e. The van der Waals surface area contributed by atoms with Crippen LogP contribution in [0.4, 0.5) is 0 Å². The van der Waals surface area contributed by atoms with E-state index in [1.165, 1.54) is 5.69 Å². The van der Waals surface area contributed by atoms with Crippen molar-refractivity contribution >= 4 is 5.91 Å². The summed E-state index contributed by atoms with van der Waals surface area (Å²) in [4.78, 5) is 14.9. The number of hydrogen-bond acceptors (Lipinski definition) is 6.